The summed E-state index contributed by atoms with van der Waals surface area (Å²) in [6, 6.07) is 12.7. The predicted octanol–water partition coefficient (Wildman–Crippen LogP) is 3.93. The van der Waals surface area contributed by atoms with Crippen molar-refractivity contribution in [2.24, 2.45) is 5.73 Å². The third-order valence-corrected chi connectivity index (χ3v) is 5.38. The van der Waals surface area contributed by atoms with Crippen molar-refractivity contribution in [2.45, 2.75) is 25.4 Å². The van der Waals surface area contributed by atoms with E-state index in [0.29, 0.717) is 24.5 Å². The zero-order chi connectivity index (χ0) is 18.3. The van der Waals surface area contributed by atoms with Crippen molar-refractivity contribution in [1.82, 2.24) is 9.88 Å². The van der Waals surface area contributed by atoms with Crippen LogP contribution in [-0.2, 0) is 24.2 Å². The molecular weight excluding hydrogens is 369 g/mol. The Labute approximate surface area is 161 Å². The van der Waals surface area contributed by atoms with Crippen LogP contribution in [0.3, 0.4) is 0 Å². The van der Waals surface area contributed by atoms with E-state index in [1.54, 1.807) is 0 Å². The molecule has 4 nitrogen and oxygen atoms in total. The topological polar surface area (TPSA) is 62.1 Å². The number of aromatic amines is 1. The molecule has 0 bridgehead atoms. The number of H-pyrrole nitrogens is 1. The summed E-state index contributed by atoms with van der Waals surface area (Å²) < 4.78 is 0. The van der Waals surface area contributed by atoms with Crippen LogP contribution < -0.4 is 5.73 Å². The Morgan fingerprint density at radius 1 is 1.19 bits per heavy atom. The molecule has 0 spiro atoms. The fourth-order valence-corrected chi connectivity index (χ4v) is 4.03. The lowest BCUT2D eigenvalue weighted by atomic mass is 10.0. The highest BCUT2D eigenvalue weighted by atomic mass is 35.5. The first-order chi connectivity index (χ1) is 12.5. The molecule has 0 saturated heterocycles. The Morgan fingerprint density at radius 2 is 2.00 bits per heavy atom. The number of carbonyl (C=O) groups is 1. The molecule has 4 rings (SSSR count). The Bertz CT molecular complexity index is 982. The van der Waals surface area contributed by atoms with E-state index in [2.05, 4.69) is 4.98 Å². The molecule has 3 N–H and O–H groups in total. The first-order valence-corrected chi connectivity index (χ1v) is 9.34. The fraction of sp³-hybridized carbons (Fsp3) is 0.250. The van der Waals surface area contributed by atoms with E-state index in [9.17, 15) is 4.79 Å². The molecule has 1 aliphatic rings. The quantitative estimate of drug-likeness (QED) is 0.714. The van der Waals surface area contributed by atoms with E-state index in [1.165, 1.54) is 5.56 Å². The Morgan fingerprint density at radius 3 is 2.81 bits per heavy atom. The third kappa shape index (κ3) is 3.32. The molecule has 1 aliphatic heterocycles. The summed E-state index contributed by atoms with van der Waals surface area (Å²) >= 11 is 12.1. The second kappa shape index (κ2) is 6.95. The lowest BCUT2D eigenvalue weighted by molar-refractivity contribution is -0.133. The van der Waals surface area contributed by atoms with Crippen LogP contribution in [0.15, 0.2) is 42.5 Å². The SMILES string of the molecule is N[C@@H](Cc1cccc(Cl)c1)C(=O)N1CCc2c([nH]c3ccc(Cl)cc23)C1. The lowest BCUT2D eigenvalue weighted by Gasteiger charge is -2.29. The molecule has 1 atom stereocenters. The monoisotopic (exact) mass is 387 g/mol. The van der Waals surface area contributed by atoms with Gasteiger partial charge in [0.15, 0.2) is 0 Å². The summed E-state index contributed by atoms with van der Waals surface area (Å²) in [7, 11) is 0. The van der Waals surface area contributed by atoms with Crippen molar-refractivity contribution in [2.75, 3.05) is 6.54 Å². The zero-order valence-electron chi connectivity index (χ0n) is 14.1. The van der Waals surface area contributed by atoms with Gasteiger partial charge in [0, 0.05) is 33.2 Å². The normalized spacial score (nSPS) is 15.1. The summed E-state index contributed by atoms with van der Waals surface area (Å²) in [6.07, 6.45) is 1.27. The number of aromatic nitrogens is 1. The largest absolute Gasteiger partial charge is 0.357 e. The number of benzene rings is 2. The number of fused-ring (bicyclic) bond motifs is 3. The Hall–Kier alpha value is -2.01. The van der Waals surface area contributed by atoms with E-state index in [-0.39, 0.29) is 5.91 Å². The first kappa shape index (κ1) is 17.4. The van der Waals surface area contributed by atoms with Gasteiger partial charge in [0.1, 0.15) is 0 Å². The number of nitrogens with one attached hydrogen (secondary N) is 1. The molecule has 0 unspecified atom stereocenters. The fourth-order valence-electron chi connectivity index (χ4n) is 3.64. The highest BCUT2D eigenvalue weighted by Gasteiger charge is 2.27. The molecule has 1 aromatic heterocycles. The number of nitrogens with zero attached hydrogens (tertiary/aromatic N) is 1. The molecule has 26 heavy (non-hydrogen) atoms. The van der Waals surface area contributed by atoms with E-state index in [1.807, 2.05) is 47.4 Å². The third-order valence-electron chi connectivity index (χ3n) is 4.91. The maximum atomic E-state index is 12.8. The van der Waals surface area contributed by atoms with Crippen LogP contribution in [-0.4, -0.2) is 28.4 Å². The first-order valence-electron chi connectivity index (χ1n) is 8.59. The minimum atomic E-state index is -0.575. The molecule has 134 valence electrons. The van der Waals surface area contributed by atoms with Crippen LogP contribution in [0.25, 0.3) is 10.9 Å². The molecule has 0 fully saturated rings. The van der Waals surface area contributed by atoms with Gasteiger partial charge in [-0.15, -0.1) is 0 Å². The van der Waals surface area contributed by atoms with Gasteiger partial charge in [-0.25, -0.2) is 0 Å². The molecule has 2 heterocycles. The van der Waals surface area contributed by atoms with Crippen molar-refractivity contribution in [3.05, 3.63) is 69.3 Å². The molecular formula is C20H19Cl2N3O. The number of carbonyl (C=O) groups excluding carboxylic acids is 1. The van der Waals surface area contributed by atoms with Gasteiger partial charge in [-0.05, 0) is 54.3 Å². The summed E-state index contributed by atoms with van der Waals surface area (Å²) in [5, 5.41) is 2.52. The molecule has 3 aromatic rings. The summed E-state index contributed by atoms with van der Waals surface area (Å²) in [5.41, 5.74) is 10.5. The lowest BCUT2D eigenvalue weighted by Crippen LogP contribution is -2.46. The van der Waals surface area contributed by atoms with Crippen molar-refractivity contribution >= 4 is 40.0 Å². The van der Waals surface area contributed by atoms with Gasteiger partial charge in [0.05, 0.1) is 12.6 Å². The summed E-state index contributed by atoms with van der Waals surface area (Å²) in [4.78, 5) is 18.0. The van der Waals surface area contributed by atoms with Crippen LogP contribution >= 0.6 is 23.2 Å². The second-order valence-electron chi connectivity index (χ2n) is 6.72. The van der Waals surface area contributed by atoms with Crippen LogP contribution in [0.5, 0.6) is 0 Å². The molecule has 0 aliphatic carbocycles. The van der Waals surface area contributed by atoms with Gasteiger partial charge >= 0.3 is 0 Å². The van der Waals surface area contributed by atoms with Crippen molar-refractivity contribution < 1.29 is 4.79 Å². The molecule has 0 radical (unpaired) electrons. The van der Waals surface area contributed by atoms with E-state index in [0.717, 1.165) is 33.6 Å². The minimum Gasteiger partial charge on any atom is -0.357 e. The Kier molecular flexibility index (Phi) is 4.65. The number of nitrogens with two attached hydrogens (primary N) is 1. The number of rotatable bonds is 3. The average Bonchev–Trinajstić information content (AvgIpc) is 2.98. The molecule has 1 amide bonds. The van der Waals surface area contributed by atoms with Crippen molar-refractivity contribution in [1.29, 1.82) is 0 Å². The van der Waals surface area contributed by atoms with Gasteiger partial charge < -0.3 is 15.6 Å². The van der Waals surface area contributed by atoms with Gasteiger partial charge in [-0.1, -0.05) is 35.3 Å². The van der Waals surface area contributed by atoms with Gasteiger partial charge in [0.25, 0.3) is 0 Å². The maximum Gasteiger partial charge on any atom is 0.240 e. The average molecular weight is 388 g/mol. The molecule has 2 aromatic carbocycles. The van der Waals surface area contributed by atoms with E-state index < -0.39 is 6.04 Å². The highest BCUT2D eigenvalue weighted by molar-refractivity contribution is 6.31. The minimum absolute atomic E-state index is 0.0349. The standard InChI is InChI=1S/C20H19Cl2N3O/c21-13-3-1-2-12(8-13)9-17(23)20(26)25-7-6-15-16-10-14(22)4-5-18(16)24-19(15)11-25/h1-5,8,10,17,24H,6-7,9,11,23H2/t17-/m0/s1. The smallest absolute Gasteiger partial charge is 0.240 e. The van der Waals surface area contributed by atoms with E-state index in [4.69, 9.17) is 28.9 Å². The number of amides is 1. The molecule has 6 heteroatoms. The summed E-state index contributed by atoms with van der Waals surface area (Å²) in [5.74, 6) is -0.0349. The van der Waals surface area contributed by atoms with Gasteiger partial charge in [-0.2, -0.15) is 0 Å². The predicted molar refractivity (Wildman–Crippen MR) is 106 cm³/mol. The van der Waals surface area contributed by atoms with Gasteiger partial charge in [-0.3, -0.25) is 4.79 Å². The Balaban J connectivity index is 1.51. The number of halogens is 2. The molecule has 0 saturated carbocycles. The van der Waals surface area contributed by atoms with E-state index >= 15 is 0 Å². The van der Waals surface area contributed by atoms with Crippen LogP contribution in [0, 0.1) is 0 Å². The van der Waals surface area contributed by atoms with Crippen LogP contribution in [0.1, 0.15) is 16.8 Å². The van der Waals surface area contributed by atoms with Crippen LogP contribution in [0.4, 0.5) is 0 Å². The zero-order valence-corrected chi connectivity index (χ0v) is 15.6. The summed E-state index contributed by atoms with van der Waals surface area (Å²) in [6.45, 7) is 1.21. The van der Waals surface area contributed by atoms with Crippen LogP contribution in [0.2, 0.25) is 10.0 Å². The van der Waals surface area contributed by atoms with Crippen molar-refractivity contribution in [3.63, 3.8) is 0 Å². The highest BCUT2D eigenvalue weighted by Crippen LogP contribution is 2.29. The van der Waals surface area contributed by atoms with Gasteiger partial charge in [0.2, 0.25) is 5.91 Å². The maximum absolute atomic E-state index is 12.8. The van der Waals surface area contributed by atoms with Crippen molar-refractivity contribution in [3.8, 4) is 0 Å². The number of hydrogen-bond acceptors (Lipinski definition) is 2. The number of hydrogen-bond donors (Lipinski definition) is 2. The second-order valence-corrected chi connectivity index (χ2v) is 7.60.